The van der Waals surface area contributed by atoms with Crippen LogP contribution in [-0.2, 0) is 4.79 Å². The molecule has 1 heterocycles. The summed E-state index contributed by atoms with van der Waals surface area (Å²) in [6.07, 6.45) is 3.59. The van der Waals surface area contributed by atoms with Crippen LogP contribution in [-0.4, -0.2) is 55.6 Å². The fourth-order valence-electron chi connectivity index (χ4n) is 2.35. The highest BCUT2D eigenvalue weighted by Gasteiger charge is 2.20. The number of hydrogen-bond donors (Lipinski definition) is 1. The quantitative estimate of drug-likeness (QED) is 0.804. The number of nitrogens with zero attached hydrogens (tertiary/aromatic N) is 3. The number of anilines is 2. The van der Waals surface area contributed by atoms with E-state index in [2.05, 4.69) is 10.3 Å². The molecule has 0 unspecified atom stereocenters. The van der Waals surface area contributed by atoms with Gasteiger partial charge in [0.1, 0.15) is 5.82 Å². The molecule has 0 fully saturated rings. The number of amides is 2. The molecule has 0 atom stereocenters. The lowest BCUT2D eigenvalue weighted by molar-refractivity contribution is -0.116. The van der Waals surface area contributed by atoms with Gasteiger partial charge in [-0.15, -0.1) is 11.8 Å². The average molecular weight is 358 g/mol. The Morgan fingerprint density at radius 1 is 1.12 bits per heavy atom. The van der Waals surface area contributed by atoms with Gasteiger partial charge in [0.25, 0.3) is 5.91 Å². The van der Waals surface area contributed by atoms with E-state index in [0.717, 1.165) is 10.6 Å². The Labute approximate surface area is 152 Å². The summed E-state index contributed by atoms with van der Waals surface area (Å²) < 4.78 is 0. The fourth-order valence-corrected chi connectivity index (χ4v) is 2.90. The minimum absolute atomic E-state index is 0.0384. The van der Waals surface area contributed by atoms with E-state index in [1.165, 1.54) is 4.90 Å². The second-order valence-corrected chi connectivity index (χ2v) is 6.53. The topological polar surface area (TPSA) is 65.5 Å². The third-order valence-corrected chi connectivity index (χ3v) is 4.35. The number of aromatic nitrogens is 1. The number of carbonyl (C=O) groups is 2. The smallest absolute Gasteiger partial charge is 0.257 e. The first-order valence-corrected chi connectivity index (χ1v) is 8.97. The van der Waals surface area contributed by atoms with Crippen molar-refractivity contribution in [3.05, 3.63) is 48.2 Å². The summed E-state index contributed by atoms with van der Waals surface area (Å²) in [4.78, 5) is 33.3. The summed E-state index contributed by atoms with van der Waals surface area (Å²) in [5, 5.41) is 2.86. The molecule has 0 aliphatic heterocycles. The normalized spacial score (nSPS) is 10.2. The number of thioether (sulfide) groups is 1. The van der Waals surface area contributed by atoms with E-state index >= 15 is 0 Å². The second kappa shape index (κ2) is 8.53. The maximum Gasteiger partial charge on any atom is 0.257 e. The highest BCUT2D eigenvalue weighted by Crippen LogP contribution is 2.24. The van der Waals surface area contributed by atoms with Gasteiger partial charge >= 0.3 is 0 Å². The van der Waals surface area contributed by atoms with Gasteiger partial charge in [-0.1, -0.05) is 12.1 Å². The molecule has 7 heteroatoms. The van der Waals surface area contributed by atoms with Gasteiger partial charge in [-0.2, -0.15) is 0 Å². The number of carbonyl (C=O) groups excluding carboxylic acids is 2. The largest absolute Gasteiger partial charge is 0.362 e. The van der Waals surface area contributed by atoms with Crippen LogP contribution in [0, 0.1) is 0 Å². The van der Waals surface area contributed by atoms with Gasteiger partial charge in [0.2, 0.25) is 5.91 Å². The van der Waals surface area contributed by atoms with Crippen LogP contribution in [0.3, 0.4) is 0 Å². The minimum atomic E-state index is -0.245. The van der Waals surface area contributed by atoms with Gasteiger partial charge in [0, 0.05) is 32.2 Å². The first-order chi connectivity index (χ1) is 11.9. The molecule has 1 aromatic carbocycles. The van der Waals surface area contributed by atoms with Gasteiger partial charge < -0.3 is 15.1 Å². The van der Waals surface area contributed by atoms with Crippen molar-refractivity contribution < 1.29 is 9.59 Å². The summed E-state index contributed by atoms with van der Waals surface area (Å²) in [6, 6.07) is 11.0. The average Bonchev–Trinajstić information content (AvgIpc) is 2.61. The van der Waals surface area contributed by atoms with Crippen molar-refractivity contribution in [2.75, 3.05) is 44.2 Å². The van der Waals surface area contributed by atoms with Crippen LogP contribution in [0.1, 0.15) is 10.4 Å². The van der Waals surface area contributed by atoms with E-state index in [9.17, 15) is 9.59 Å². The highest BCUT2D eigenvalue weighted by molar-refractivity contribution is 7.98. The molecule has 0 saturated heterocycles. The van der Waals surface area contributed by atoms with Crippen LogP contribution >= 0.6 is 11.8 Å². The van der Waals surface area contributed by atoms with Crippen molar-refractivity contribution in [1.82, 2.24) is 9.88 Å². The van der Waals surface area contributed by atoms with Crippen LogP contribution in [0.4, 0.5) is 11.5 Å². The van der Waals surface area contributed by atoms with E-state index in [4.69, 9.17) is 0 Å². The molecule has 2 amide bonds. The molecule has 0 saturated carbocycles. The number of rotatable bonds is 6. The van der Waals surface area contributed by atoms with E-state index in [-0.39, 0.29) is 18.4 Å². The molecule has 6 nitrogen and oxygen atoms in total. The van der Waals surface area contributed by atoms with Crippen molar-refractivity contribution in [3.8, 4) is 0 Å². The molecule has 0 aliphatic rings. The molecule has 0 bridgehead atoms. The fraction of sp³-hybridized carbons (Fsp3) is 0.278. The van der Waals surface area contributed by atoms with Crippen molar-refractivity contribution in [2.24, 2.45) is 0 Å². The lowest BCUT2D eigenvalue weighted by Gasteiger charge is -2.21. The Morgan fingerprint density at radius 3 is 2.52 bits per heavy atom. The van der Waals surface area contributed by atoms with Crippen LogP contribution in [0.5, 0.6) is 0 Å². The van der Waals surface area contributed by atoms with Crippen molar-refractivity contribution in [2.45, 2.75) is 4.90 Å². The maximum absolute atomic E-state index is 12.7. The number of hydrogen-bond acceptors (Lipinski definition) is 5. The summed E-state index contributed by atoms with van der Waals surface area (Å²) in [6.45, 7) is -0.0384. The lowest BCUT2D eigenvalue weighted by atomic mass is 10.2. The molecule has 0 radical (unpaired) electrons. The number of para-hydroxylation sites is 1. The summed E-state index contributed by atoms with van der Waals surface area (Å²) in [7, 11) is 5.26. The zero-order valence-electron chi connectivity index (χ0n) is 14.8. The highest BCUT2D eigenvalue weighted by atomic mass is 32.2. The molecular formula is C18H22N4O2S. The molecule has 2 rings (SSSR count). The van der Waals surface area contributed by atoms with Gasteiger partial charge in [0.15, 0.2) is 0 Å². The third-order valence-electron chi connectivity index (χ3n) is 3.55. The monoisotopic (exact) mass is 358 g/mol. The predicted molar refractivity (Wildman–Crippen MR) is 102 cm³/mol. The maximum atomic E-state index is 12.7. The lowest BCUT2D eigenvalue weighted by Crippen LogP contribution is -2.35. The molecule has 0 spiro atoms. The number of nitrogens with one attached hydrogen (secondary N) is 1. The zero-order valence-corrected chi connectivity index (χ0v) is 15.6. The van der Waals surface area contributed by atoms with Gasteiger partial charge in [-0.05, 0) is 30.5 Å². The molecule has 132 valence electrons. The SMILES string of the molecule is CSc1ccccc1NC(=O)CN(C)C(=O)c1cccnc1N(C)C. The van der Waals surface area contributed by atoms with Crippen molar-refractivity contribution >= 4 is 35.1 Å². The molecule has 0 aliphatic carbocycles. The van der Waals surface area contributed by atoms with Gasteiger partial charge in [0.05, 0.1) is 17.8 Å². The molecule has 1 aromatic heterocycles. The standard InChI is InChI=1S/C18H22N4O2S/c1-21(2)17-13(8-7-11-19-17)18(24)22(3)12-16(23)20-14-9-5-6-10-15(14)25-4/h5-11H,12H2,1-4H3,(H,20,23). The molecule has 1 N–H and O–H groups in total. The van der Waals surface area contributed by atoms with Crippen molar-refractivity contribution in [1.29, 1.82) is 0 Å². The first-order valence-electron chi connectivity index (χ1n) is 7.74. The van der Waals surface area contributed by atoms with Crippen molar-refractivity contribution in [3.63, 3.8) is 0 Å². The molecular weight excluding hydrogens is 336 g/mol. The Kier molecular flexibility index (Phi) is 6.41. The van der Waals surface area contributed by atoms with Crippen LogP contribution in [0.25, 0.3) is 0 Å². The predicted octanol–water partition coefficient (Wildman–Crippen LogP) is 2.58. The number of benzene rings is 1. The Hall–Kier alpha value is -2.54. The van der Waals surface area contributed by atoms with E-state index < -0.39 is 0 Å². The molecule has 25 heavy (non-hydrogen) atoms. The van der Waals surface area contributed by atoms with E-state index in [1.54, 1.807) is 42.0 Å². The van der Waals surface area contributed by atoms with E-state index in [1.807, 2.05) is 44.6 Å². The number of pyridine rings is 1. The van der Waals surface area contributed by atoms with Crippen LogP contribution < -0.4 is 10.2 Å². The Morgan fingerprint density at radius 2 is 1.84 bits per heavy atom. The zero-order chi connectivity index (χ0) is 18.4. The van der Waals surface area contributed by atoms with Gasteiger partial charge in [-0.25, -0.2) is 4.98 Å². The molecule has 2 aromatic rings. The van der Waals surface area contributed by atoms with E-state index in [0.29, 0.717) is 11.4 Å². The van der Waals surface area contributed by atoms with Crippen LogP contribution in [0.15, 0.2) is 47.5 Å². The first kappa shape index (κ1) is 18.8. The number of likely N-dealkylation sites (N-methyl/N-ethyl adjacent to an activating group) is 1. The summed E-state index contributed by atoms with van der Waals surface area (Å²) in [5.41, 5.74) is 1.21. The summed E-state index contributed by atoms with van der Waals surface area (Å²) >= 11 is 1.56. The minimum Gasteiger partial charge on any atom is -0.362 e. The Bertz CT molecular complexity index is 764. The van der Waals surface area contributed by atoms with Gasteiger partial charge in [-0.3, -0.25) is 9.59 Å². The van der Waals surface area contributed by atoms with Crippen LogP contribution in [0.2, 0.25) is 0 Å². The second-order valence-electron chi connectivity index (χ2n) is 5.68. The third kappa shape index (κ3) is 4.73. The summed E-state index contributed by atoms with van der Waals surface area (Å²) in [5.74, 6) is 0.0882. The Balaban J connectivity index is 2.07.